The van der Waals surface area contributed by atoms with Crippen LogP contribution in [0.15, 0.2) is 41.5 Å². The van der Waals surface area contributed by atoms with E-state index >= 15 is 0 Å². The Morgan fingerprint density at radius 2 is 1.81 bits per heavy atom. The van der Waals surface area contributed by atoms with Crippen LogP contribution in [0.3, 0.4) is 0 Å². The minimum atomic E-state index is -0.196. The average molecular weight is 478 g/mol. The molecular formula is C23H25Cl2N3O4. The number of benzene rings is 2. The van der Waals surface area contributed by atoms with Gasteiger partial charge in [-0.1, -0.05) is 36.2 Å². The van der Waals surface area contributed by atoms with Gasteiger partial charge in [0.25, 0.3) is 5.56 Å². The van der Waals surface area contributed by atoms with E-state index < -0.39 is 0 Å². The summed E-state index contributed by atoms with van der Waals surface area (Å²) in [6, 6.07) is 8.63. The molecule has 1 heterocycles. The van der Waals surface area contributed by atoms with Crippen LogP contribution < -0.4 is 20.3 Å². The molecule has 0 spiro atoms. The van der Waals surface area contributed by atoms with Gasteiger partial charge in [0.05, 0.1) is 31.4 Å². The van der Waals surface area contributed by atoms with Crippen molar-refractivity contribution >= 4 is 40.0 Å². The van der Waals surface area contributed by atoms with Crippen LogP contribution >= 0.6 is 23.2 Å². The third-order valence-electron chi connectivity index (χ3n) is 5.23. The van der Waals surface area contributed by atoms with Gasteiger partial charge in [-0.05, 0) is 30.2 Å². The minimum absolute atomic E-state index is 0.0283. The van der Waals surface area contributed by atoms with Gasteiger partial charge < -0.3 is 14.8 Å². The summed E-state index contributed by atoms with van der Waals surface area (Å²) in [4.78, 5) is 29.4. The fourth-order valence-corrected chi connectivity index (χ4v) is 4.26. The molecule has 9 heteroatoms. The molecule has 0 radical (unpaired) electrons. The molecule has 1 unspecified atom stereocenters. The second-order valence-electron chi connectivity index (χ2n) is 7.41. The Balaban J connectivity index is 1.58. The van der Waals surface area contributed by atoms with E-state index in [0.29, 0.717) is 52.0 Å². The number of hydrogen-bond donors (Lipinski definition) is 1. The standard InChI is InChI=1S/C23H25Cl2N3O4/c1-14(22-16(24)6-4-7-17(22)25)12-26-21(29)8-5-9-28-13-27-18-11-20(32-3)19(31-2)10-15(18)23(28)30/h4,6-7,10-11,13-14H,5,8-9,12H2,1-3H3,(H,26,29). The molecule has 2 aromatic carbocycles. The van der Waals surface area contributed by atoms with Gasteiger partial charge in [0.2, 0.25) is 5.91 Å². The third kappa shape index (κ3) is 5.34. The van der Waals surface area contributed by atoms with Gasteiger partial charge >= 0.3 is 0 Å². The van der Waals surface area contributed by atoms with E-state index in [0.717, 1.165) is 5.56 Å². The van der Waals surface area contributed by atoms with Crippen molar-refractivity contribution in [2.75, 3.05) is 20.8 Å². The number of ether oxygens (including phenoxy) is 2. The van der Waals surface area contributed by atoms with E-state index in [1.807, 2.05) is 6.92 Å². The number of hydrogen-bond acceptors (Lipinski definition) is 5. The number of carbonyl (C=O) groups excluding carboxylic acids is 1. The zero-order chi connectivity index (χ0) is 23.3. The maximum atomic E-state index is 12.8. The molecule has 3 aromatic rings. The van der Waals surface area contributed by atoms with E-state index in [1.54, 1.807) is 30.3 Å². The Morgan fingerprint density at radius 1 is 1.16 bits per heavy atom. The van der Waals surface area contributed by atoms with Crippen molar-refractivity contribution in [3.05, 3.63) is 62.6 Å². The molecule has 0 bridgehead atoms. The molecule has 170 valence electrons. The second-order valence-corrected chi connectivity index (χ2v) is 8.23. The van der Waals surface area contributed by atoms with Gasteiger partial charge in [-0.2, -0.15) is 0 Å². The highest BCUT2D eigenvalue weighted by Gasteiger charge is 2.15. The number of methoxy groups -OCH3 is 2. The molecule has 1 aromatic heterocycles. The van der Waals surface area contributed by atoms with Crippen LogP contribution in [0, 0.1) is 0 Å². The summed E-state index contributed by atoms with van der Waals surface area (Å²) in [5, 5.41) is 4.50. The number of aromatic nitrogens is 2. The van der Waals surface area contributed by atoms with Crippen LogP contribution in [-0.4, -0.2) is 36.2 Å². The highest BCUT2D eigenvalue weighted by atomic mass is 35.5. The fourth-order valence-electron chi connectivity index (χ4n) is 3.49. The van der Waals surface area contributed by atoms with E-state index in [4.69, 9.17) is 32.7 Å². The van der Waals surface area contributed by atoms with Gasteiger partial charge in [0.15, 0.2) is 11.5 Å². The van der Waals surface area contributed by atoms with Crippen molar-refractivity contribution in [1.29, 1.82) is 0 Å². The third-order valence-corrected chi connectivity index (χ3v) is 5.89. The van der Waals surface area contributed by atoms with Gasteiger partial charge in [-0.3, -0.25) is 14.2 Å². The topological polar surface area (TPSA) is 82.5 Å². The van der Waals surface area contributed by atoms with Crippen LogP contribution in [0.25, 0.3) is 10.9 Å². The Bertz CT molecular complexity index is 1160. The number of nitrogens with zero attached hydrogens (tertiary/aromatic N) is 2. The number of rotatable bonds is 9. The van der Waals surface area contributed by atoms with Crippen molar-refractivity contribution in [3.8, 4) is 11.5 Å². The summed E-state index contributed by atoms with van der Waals surface area (Å²) in [5.74, 6) is 0.838. The molecule has 0 aliphatic heterocycles. The molecular weight excluding hydrogens is 453 g/mol. The smallest absolute Gasteiger partial charge is 0.261 e. The van der Waals surface area contributed by atoms with Gasteiger partial charge in [0.1, 0.15) is 0 Å². The number of fused-ring (bicyclic) bond motifs is 1. The first kappa shape index (κ1) is 23.9. The zero-order valence-electron chi connectivity index (χ0n) is 18.2. The lowest BCUT2D eigenvalue weighted by Crippen LogP contribution is -2.28. The summed E-state index contributed by atoms with van der Waals surface area (Å²) in [6.45, 7) is 2.74. The lowest BCUT2D eigenvalue weighted by atomic mass is 10.0. The number of aryl methyl sites for hydroxylation is 1. The fraction of sp³-hybridized carbons (Fsp3) is 0.348. The predicted octanol–water partition coefficient (Wildman–Crippen LogP) is 4.42. The van der Waals surface area contributed by atoms with Gasteiger partial charge in [0, 0.05) is 41.5 Å². The van der Waals surface area contributed by atoms with Crippen LogP contribution in [0.2, 0.25) is 10.0 Å². The summed E-state index contributed by atoms with van der Waals surface area (Å²) >= 11 is 12.5. The maximum absolute atomic E-state index is 12.8. The molecule has 3 rings (SSSR count). The summed E-state index contributed by atoms with van der Waals surface area (Å²) in [7, 11) is 3.04. The van der Waals surface area contributed by atoms with Crippen molar-refractivity contribution in [1.82, 2.24) is 14.9 Å². The van der Waals surface area contributed by atoms with Crippen LogP contribution in [0.5, 0.6) is 11.5 Å². The number of nitrogens with one attached hydrogen (secondary N) is 1. The Hall–Kier alpha value is -2.77. The quantitative estimate of drug-likeness (QED) is 0.493. The average Bonchev–Trinajstić information content (AvgIpc) is 2.78. The Kier molecular flexibility index (Phi) is 7.99. The van der Waals surface area contributed by atoms with E-state index in [2.05, 4.69) is 10.3 Å². The monoisotopic (exact) mass is 477 g/mol. The molecule has 0 saturated heterocycles. The molecule has 0 aliphatic rings. The molecule has 32 heavy (non-hydrogen) atoms. The summed E-state index contributed by atoms with van der Waals surface area (Å²) in [6.07, 6.45) is 2.25. The lowest BCUT2D eigenvalue weighted by molar-refractivity contribution is -0.121. The first-order valence-electron chi connectivity index (χ1n) is 10.2. The van der Waals surface area contributed by atoms with Crippen LogP contribution in [-0.2, 0) is 11.3 Å². The highest BCUT2D eigenvalue weighted by molar-refractivity contribution is 6.36. The van der Waals surface area contributed by atoms with Gasteiger partial charge in [-0.25, -0.2) is 4.98 Å². The molecule has 0 saturated carbocycles. The number of carbonyl (C=O) groups is 1. The van der Waals surface area contributed by atoms with Crippen LogP contribution in [0.1, 0.15) is 31.2 Å². The van der Waals surface area contributed by atoms with Crippen molar-refractivity contribution < 1.29 is 14.3 Å². The van der Waals surface area contributed by atoms with E-state index in [9.17, 15) is 9.59 Å². The maximum Gasteiger partial charge on any atom is 0.261 e. The van der Waals surface area contributed by atoms with Crippen molar-refractivity contribution in [3.63, 3.8) is 0 Å². The van der Waals surface area contributed by atoms with Crippen molar-refractivity contribution in [2.24, 2.45) is 0 Å². The Morgan fingerprint density at radius 3 is 2.47 bits per heavy atom. The first-order chi connectivity index (χ1) is 15.3. The number of halogens is 2. The normalized spacial score (nSPS) is 11.9. The largest absolute Gasteiger partial charge is 0.493 e. The minimum Gasteiger partial charge on any atom is -0.493 e. The second kappa shape index (κ2) is 10.7. The predicted molar refractivity (Wildman–Crippen MR) is 126 cm³/mol. The van der Waals surface area contributed by atoms with E-state index in [-0.39, 0.29) is 23.8 Å². The molecule has 0 fully saturated rings. The molecule has 1 atom stereocenters. The van der Waals surface area contributed by atoms with E-state index in [1.165, 1.54) is 25.1 Å². The summed E-state index contributed by atoms with van der Waals surface area (Å²) < 4.78 is 12.0. The van der Waals surface area contributed by atoms with Crippen LogP contribution in [0.4, 0.5) is 0 Å². The molecule has 1 N–H and O–H groups in total. The lowest BCUT2D eigenvalue weighted by Gasteiger charge is -2.16. The molecule has 1 amide bonds. The molecule has 7 nitrogen and oxygen atoms in total. The summed E-state index contributed by atoms with van der Waals surface area (Å²) in [5.41, 5.74) is 1.14. The first-order valence-corrected chi connectivity index (χ1v) is 10.9. The zero-order valence-corrected chi connectivity index (χ0v) is 19.7. The van der Waals surface area contributed by atoms with Crippen molar-refractivity contribution in [2.45, 2.75) is 32.2 Å². The van der Waals surface area contributed by atoms with Gasteiger partial charge in [-0.15, -0.1) is 0 Å². The number of amides is 1. The molecule has 0 aliphatic carbocycles. The SMILES string of the molecule is COc1cc2ncn(CCCC(=O)NCC(C)c3c(Cl)cccc3Cl)c(=O)c2cc1OC. The Labute approximate surface area is 196 Å². The highest BCUT2D eigenvalue weighted by Crippen LogP contribution is 2.31.